The third-order valence-electron chi connectivity index (χ3n) is 9.65. The van der Waals surface area contributed by atoms with Crippen LogP contribution in [0.5, 0.6) is 0 Å². The van der Waals surface area contributed by atoms with Gasteiger partial charge in [0.2, 0.25) is 5.91 Å². The summed E-state index contributed by atoms with van der Waals surface area (Å²) in [5.74, 6) is -1.81. The zero-order valence-corrected chi connectivity index (χ0v) is 34.8. The minimum atomic E-state index is -5.51. The van der Waals surface area contributed by atoms with Crippen molar-refractivity contribution in [1.29, 1.82) is 0 Å². The molecule has 0 saturated carbocycles. The van der Waals surface area contributed by atoms with E-state index in [9.17, 15) is 48.4 Å². The number of aromatic nitrogens is 6. The Morgan fingerprint density at radius 2 is 1.82 bits per heavy atom. The Labute approximate surface area is 355 Å². The van der Waals surface area contributed by atoms with E-state index >= 15 is 0 Å². The van der Waals surface area contributed by atoms with Gasteiger partial charge in [-0.2, -0.15) is 4.98 Å². The van der Waals surface area contributed by atoms with E-state index in [1.807, 2.05) is 0 Å². The number of imidazole rings is 1. The topological polar surface area (TPSA) is 367 Å². The van der Waals surface area contributed by atoms with Crippen LogP contribution >= 0.6 is 27.2 Å². The van der Waals surface area contributed by atoms with Gasteiger partial charge >= 0.3 is 27.3 Å². The molecule has 2 saturated heterocycles. The molecule has 25 nitrogen and oxygen atoms in total. The molecule has 9 atom stereocenters. The molecule has 3 aromatic heterocycles. The number of anilines is 2. The first-order valence-corrected chi connectivity index (χ1v) is 21.9. The summed E-state index contributed by atoms with van der Waals surface area (Å²) in [5, 5.41) is 26.5. The number of aliphatic hydroxyl groups excluding tert-OH is 1. The van der Waals surface area contributed by atoms with Crippen molar-refractivity contribution in [3.8, 4) is 0 Å². The highest BCUT2D eigenvalue weighted by Gasteiger charge is 2.56. The van der Waals surface area contributed by atoms with Gasteiger partial charge in [0.05, 0.1) is 26.1 Å². The van der Waals surface area contributed by atoms with Gasteiger partial charge in [-0.15, -0.1) is 6.58 Å². The maximum atomic E-state index is 14.0. The molecule has 2 aliphatic rings. The monoisotopic (exact) mass is 929 g/mol. The number of aryl methyl sites for hydroxylation is 1. The molecule has 62 heavy (non-hydrogen) atoms. The van der Waals surface area contributed by atoms with Gasteiger partial charge in [0.25, 0.3) is 0 Å². The number of rotatable bonds is 19. The van der Waals surface area contributed by atoms with E-state index in [1.54, 1.807) is 24.3 Å². The predicted octanol–water partition coefficient (Wildman–Crippen LogP) is -0.190. The molecule has 2 aliphatic heterocycles. The van der Waals surface area contributed by atoms with Crippen LogP contribution < -0.4 is 22.5 Å². The molecule has 6 rings (SSSR count). The summed E-state index contributed by atoms with van der Waals surface area (Å²) in [6.07, 6.45) is -5.03. The Bertz CT molecular complexity index is 2420. The van der Waals surface area contributed by atoms with E-state index in [0.717, 1.165) is 24.2 Å². The molecular formula is C34H42ClN9O16P2. The van der Waals surface area contributed by atoms with Crippen LogP contribution in [0.3, 0.4) is 0 Å². The third-order valence-corrected chi connectivity index (χ3v) is 11.4. The van der Waals surface area contributed by atoms with Crippen molar-refractivity contribution in [1.82, 2.24) is 34.4 Å². The molecule has 10 N–H and O–H groups in total. The molecule has 1 aromatic carbocycles. The summed E-state index contributed by atoms with van der Waals surface area (Å²) in [6.45, 7) is 0.724. The molecule has 4 aromatic rings. The summed E-state index contributed by atoms with van der Waals surface area (Å²) in [5.41, 5.74) is 8.65. The summed E-state index contributed by atoms with van der Waals surface area (Å²) < 4.78 is 59.4. The number of nitrogens with zero attached hydrogens (tertiary/aromatic N) is 6. The number of aliphatic hydroxyl groups is 2. The van der Waals surface area contributed by atoms with E-state index in [4.69, 9.17) is 46.3 Å². The van der Waals surface area contributed by atoms with Gasteiger partial charge in [0.15, 0.2) is 29.5 Å². The van der Waals surface area contributed by atoms with Crippen LogP contribution in [0.15, 0.2) is 66.6 Å². The van der Waals surface area contributed by atoms with Crippen molar-refractivity contribution in [2.75, 3.05) is 31.3 Å². The quantitative estimate of drug-likeness (QED) is 0.0343. The van der Waals surface area contributed by atoms with E-state index in [-0.39, 0.29) is 42.1 Å². The molecular weight excluding hydrogens is 888 g/mol. The highest BCUT2D eigenvalue weighted by Crippen LogP contribution is 2.51. The lowest BCUT2D eigenvalue weighted by atomic mass is 10.0. The molecule has 28 heteroatoms. The Kier molecular flexibility index (Phi) is 14.6. The minimum Gasteiger partial charge on any atom is -0.455 e. The second-order valence-corrected chi connectivity index (χ2v) is 17.0. The lowest BCUT2D eigenvalue weighted by molar-refractivity contribution is -0.160. The van der Waals surface area contributed by atoms with Crippen LogP contribution in [0.1, 0.15) is 31.1 Å². The van der Waals surface area contributed by atoms with Gasteiger partial charge in [-0.25, -0.2) is 33.7 Å². The maximum absolute atomic E-state index is 14.0. The number of hydrogen-bond acceptors (Lipinski definition) is 19. The number of allylic oxidation sites excluding steroid dienone is 1. The predicted molar refractivity (Wildman–Crippen MR) is 212 cm³/mol. The number of phosphoric ester groups is 2. The molecule has 5 heterocycles. The van der Waals surface area contributed by atoms with Gasteiger partial charge in [0.1, 0.15) is 48.1 Å². The Morgan fingerprint density at radius 1 is 1.10 bits per heavy atom. The fraction of sp³-hybridized carbons (Fsp3) is 0.441. The number of hydrogen-bond donors (Lipinski definition) is 8. The second-order valence-electron chi connectivity index (χ2n) is 14.0. The standard InChI is InChI=1S/C34H42ClN9O16P2/c1-2-3-4-24(45)41-20(10-7-18-5-8-19(35)9-6-18)32(47)59-27-21(58-31(26(27)46)43-17-40-25-29(37)38-16-39-30(25)43)13-57-62(53,54)60-28-22(14-56-61(50,51)52)55-15-34(28,49)44-12-11-23(36)42-33(44)48/h2,5-6,8-9,11-12,16-17,20-22,26-28,31,46,49H,1,3-4,7,10,13-15H2,(H,41,45)(H,53,54)(H2,36,42,48)(H2,37,38,39)(H2,50,51,52)/t20-,21+,22+,26-,27-,28-,31+,34+/m0/s1. The summed E-state index contributed by atoms with van der Waals surface area (Å²) in [7, 11) is -10.7. The van der Waals surface area contributed by atoms with Gasteiger partial charge in [0, 0.05) is 17.6 Å². The van der Waals surface area contributed by atoms with Crippen LogP contribution in [-0.2, 0) is 58.6 Å². The number of phosphoric acid groups is 2. The number of amides is 1. The first-order chi connectivity index (χ1) is 29.3. The average molecular weight is 930 g/mol. The SMILES string of the molecule is C=CCCC(=O)N[C@@H](CCc1ccc(Cl)cc1)C(=O)O[C@@H]1[C@H](O)[C@H](n2cnc3c(N)ncnc32)O[C@@H]1COP(=O)(O)O[C@H]1[C@@H](COP(=O)(O)O)OC[C@]1(O)n1ccc(N)nc1=O. The number of nitrogens with one attached hydrogen (secondary N) is 1. The Balaban J connectivity index is 1.27. The van der Waals surface area contributed by atoms with E-state index < -0.39 is 102 Å². The van der Waals surface area contributed by atoms with Crippen molar-refractivity contribution in [3.05, 3.63) is 82.9 Å². The molecule has 0 spiro atoms. The number of nitrogen functional groups attached to an aromatic ring is 2. The zero-order chi connectivity index (χ0) is 45.0. The fourth-order valence-corrected chi connectivity index (χ4v) is 8.08. The number of carbonyl (C=O) groups excluding carboxylic acids is 2. The van der Waals surface area contributed by atoms with Crippen molar-refractivity contribution >= 4 is 61.9 Å². The van der Waals surface area contributed by atoms with Crippen molar-refractivity contribution in [2.45, 2.75) is 74.2 Å². The minimum absolute atomic E-state index is 0.0106. The number of esters is 1. The lowest BCUT2D eigenvalue weighted by Crippen LogP contribution is -2.52. The number of benzene rings is 1. The molecule has 336 valence electrons. The first kappa shape index (κ1) is 46.8. The van der Waals surface area contributed by atoms with Gasteiger partial charge < -0.3 is 55.9 Å². The number of nitrogens with two attached hydrogens (primary N) is 2. The van der Waals surface area contributed by atoms with Gasteiger partial charge in [-0.1, -0.05) is 29.8 Å². The van der Waals surface area contributed by atoms with E-state index in [0.29, 0.717) is 16.0 Å². The number of carbonyl (C=O) groups is 2. The summed E-state index contributed by atoms with van der Waals surface area (Å²) in [4.78, 5) is 85.0. The Morgan fingerprint density at radius 3 is 2.52 bits per heavy atom. The fourth-order valence-electron chi connectivity index (χ4n) is 6.63. The largest absolute Gasteiger partial charge is 0.472 e. The van der Waals surface area contributed by atoms with E-state index in [1.165, 1.54) is 17.0 Å². The first-order valence-electron chi connectivity index (χ1n) is 18.5. The molecule has 2 fully saturated rings. The Hall–Kier alpha value is -4.72. The van der Waals surface area contributed by atoms with Crippen molar-refractivity contribution < 1.29 is 71.4 Å². The average Bonchev–Trinajstić information content (AvgIpc) is 3.87. The summed E-state index contributed by atoms with van der Waals surface area (Å²) in [6, 6.07) is 6.57. The van der Waals surface area contributed by atoms with Crippen molar-refractivity contribution in [3.63, 3.8) is 0 Å². The van der Waals surface area contributed by atoms with Gasteiger partial charge in [-0.3, -0.25) is 27.5 Å². The number of ether oxygens (including phenoxy) is 3. The maximum Gasteiger partial charge on any atom is 0.472 e. The van der Waals surface area contributed by atoms with Crippen LogP contribution in [0.4, 0.5) is 11.6 Å². The molecule has 0 radical (unpaired) electrons. The smallest absolute Gasteiger partial charge is 0.455 e. The number of fused-ring (bicyclic) bond motifs is 1. The highest BCUT2D eigenvalue weighted by atomic mass is 35.5. The molecule has 0 bridgehead atoms. The molecule has 0 aliphatic carbocycles. The highest BCUT2D eigenvalue weighted by molar-refractivity contribution is 7.47. The normalized spacial score (nSPS) is 25.3. The van der Waals surface area contributed by atoms with E-state index in [2.05, 4.69) is 36.4 Å². The van der Waals surface area contributed by atoms with Crippen LogP contribution in [0.25, 0.3) is 11.2 Å². The summed E-state index contributed by atoms with van der Waals surface area (Å²) >= 11 is 6.02. The van der Waals surface area contributed by atoms with Gasteiger partial charge in [-0.05, 0) is 43.0 Å². The second kappa shape index (κ2) is 19.3. The van der Waals surface area contributed by atoms with Crippen LogP contribution in [0.2, 0.25) is 5.02 Å². The van der Waals surface area contributed by atoms with Crippen LogP contribution in [0, 0.1) is 0 Å². The molecule has 1 unspecified atom stereocenters. The lowest BCUT2D eigenvalue weighted by Gasteiger charge is -2.32. The molecule has 1 amide bonds. The third kappa shape index (κ3) is 11.1. The zero-order valence-electron chi connectivity index (χ0n) is 32.2. The number of halogens is 1. The van der Waals surface area contributed by atoms with Crippen molar-refractivity contribution in [2.24, 2.45) is 0 Å². The van der Waals surface area contributed by atoms with Crippen LogP contribution in [-0.4, -0.2) is 122 Å².